The second-order valence-corrected chi connectivity index (χ2v) is 2.19. The van der Waals surface area contributed by atoms with E-state index in [9.17, 15) is 0 Å². The molecule has 0 atom stereocenters. The number of hydrogen-bond acceptors (Lipinski definition) is 3. The van der Waals surface area contributed by atoms with Crippen LogP contribution in [0.5, 0.6) is 0 Å². The molecule has 0 amide bonds. The molecule has 0 spiro atoms. The zero-order valence-corrected chi connectivity index (χ0v) is 7.20. The van der Waals surface area contributed by atoms with Crippen LogP contribution in [0, 0.1) is 0 Å². The Hall–Kier alpha value is 0.00636. The Labute approximate surface area is 68.6 Å². The van der Waals surface area contributed by atoms with E-state index in [-0.39, 0.29) is 17.1 Å². The van der Waals surface area contributed by atoms with Crippen molar-refractivity contribution in [3.63, 3.8) is 0 Å². The van der Waals surface area contributed by atoms with Crippen molar-refractivity contribution in [2.45, 2.75) is 0 Å². The third-order valence-electron chi connectivity index (χ3n) is 0. The normalized spacial score (nSPS) is 8.20. The average molecular weight is 232 g/mol. The van der Waals surface area contributed by atoms with Gasteiger partial charge in [-0.05, 0) is 0 Å². The Kier molecular flexibility index (Phi) is 11.8. The van der Waals surface area contributed by atoms with Gasteiger partial charge in [0, 0.05) is 17.1 Å². The molecule has 64 valence electrons. The van der Waals surface area contributed by atoms with Crippen LogP contribution in [0.3, 0.4) is 0 Å². The third kappa shape index (κ3) is 9710000. The van der Waals surface area contributed by atoms with Gasteiger partial charge in [-0.15, -0.1) is 0 Å². The molecule has 10 heteroatoms. The van der Waals surface area contributed by atoms with Gasteiger partial charge in [-0.1, -0.05) is 0 Å². The van der Waals surface area contributed by atoms with Crippen LogP contribution in [0.15, 0.2) is 0 Å². The summed E-state index contributed by atoms with van der Waals surface area (Å²) in [4.78, 5) is 14.3. The van der Waals surface area contributed by atoms with Gasteiger partial charge in [-0.2, -0.15) is 8.42 Å². The van der Waals surface area contributed by atoms with Crippen molar-refractivity contribution in [2.75, 3.05) is 0 Å². The predicted molar refractivity (Wildman–Crippen MR) is 25.1 cm³/mol. The molecule has 0 aliphatic rings. The molecule has 0 aromatic heterocycles. The zero-order valence-electron chi connectivity index (χ0n) is 4.28. The first-order chi connectivity index (χ1) is 3.73. The van der Waals surface area contributed by atoms with E-state index in [1.807, 2.05) is 0 Å². The van der Waals surface area contributed by atoms with Crippen LogP contribution in [0.25, 0.3) is 0 Å². The van der Waals surface area contributed by atoms with Crippen molar-refractivity contribution in [1.29, 1.82) is 0 Å². The predicted octanol–water partition coefficient (Wildman–Crippen LogP) is -2.27. The standard InChI is InChI=1S/Fe.H2O4S.H2O3Si/c;1-5(2,3)4;1-4(2)3/h;(H2,1,2,3,4);1-2H. The Balaban J connectivity index is -0.0000000910. The zero-order chi connectivity index (χ0) is 8.08. The van der Waals surface area contributed by atoms with Gasteiger partial charge in [0.25, 0.3) is 0 Å². The van der Waals surface area contributed by atoms with E-state index in [0.717, 1.165) is 0 Å². The van der Waals surface area contributed by atoms with Crippen molar-refractivity contribution in [2.24, 2.45) is 0 Å². The van der Waals surface area contributed by atoms with Gasteiger partial charge in [-0.25, -0.2) is 0 Å². The molecule has 0 aliphatic heterocycles. The summed E-state index contributed by atoms with van der Waals surface area (Å²) >= 11 is 0. The molecule has 0 saturated heterocycles. The molecule has 0 aromatic carbocycles. The first kappa shape index (κ1) is 16.5. The fourth-order valence-corrected chi connectivity index (χ4v) is 0. The third-order valence-corrected chi connectivity index (χ3v) is 0. The fourth-order valence-electron chi connectivity index (χ4n) is 0. The molecule has 0 bridgehead atoms. The van der Waals surface area contributed by atoms with E-state index >= 15 is 0 Å². The molecule has 0 saturated carbocycles. The van der Waals surface area contributed by atoms with Gasteiger partial charge in [-0.3, -0.25) is 13.6 Å². The molecule has 0 rings (SSSR count). The number of rotatable bonds is 0. The minimum Gasteiger partial charge on any atom is -0.511 e. The van der Waals surface area contributed by atoms with Crippen LogP contribution in [-0.4, -0.2) is 36.3 Å². The summed E-state index contributed by atoms with van der Waals surface area (Å²) in [5, 5.41) is 0. The SMILES string of the molecule is O=S(=O)(O)O.O=[Si](O)O.[Fe]. The largest absolute Gasteiger partial charge is 0.761 e. The first-order valence-electron chi connectivity index (χ1n) is 1.35. The Morgan fingerprint density at radius 1 is 1.10 bits per heavy atom. The number of hydrogen-bond donors (Lipinski definition) is 4. The molecular formula is H4FeO7SSi. The van der Waals surface area contributed by atoms with Crippen LogP contribution in [0.4, 0.5) is 0 Å². The Bertz CT molecular complexity index is 156. The second-order valence-electron chi connectivity index (χ2n) is 0.730. The van der Waals surface area contributed by atoms with Gasteiger partial charge in [0.05, 0.1) is 0 Å². The van der Waals surface area contributed by atoms with E-state index < -0.39 is 19.6 Å². The molecule has 4 N–H and O–H groups in total. The topological polar surface area (TPSA) is 132 Å². The first-order valence-corrected chi connectivity index (χ1v) is 4.05. The molecule has 0 unspecified atom stereocenters. The minimum absolute atomic E-state index is 0. The molecule has 10 heavy (non-hydrogen) atoms. The monoisotopic (exact) mass is 232 g/mol. The second kappa shape index (κ2) is 7.12. The summed E-state index contributed by atoms with van der Waals surface area (Å²) in [5.41, 5.74) is 0. The van der Waals surface area contributed by atoms with Crippen LogP contribution in [0.1, 0.15) is 0 Å². The van der Waals surface area contributed by atoms with Gasteiger partial charge in [0.2, 0.25) is 0 Å². The summed E-state index contributed by atoms with van der Waals surface area (Å²) in [6.45, 7) is 0. The minimum atomic E-state index is -4.67. The van der Waals surface area contributed by atoms with Crippen LogP contribution in [0.2, 0.25) is 0 Å². The Morgan fingerprint density at radius 3 is 1.10 bits per heavy atom. The van der Waals surface area contributed by atoms with Gasteiger partial charge < -0.3 is 9.59 Å². The van der Waals surface area contributed by atoms with Gasteiger partial charge in [0.1, 0.15) is 0 Å². The van der Waals surface area contributed by atoms with Crippen molar-refractivity contribution in [3.05, 3.63) is 0 Å². The fraction of sp³-hybridized carbons (Fsp3) is 0. The summed E-state index contributed by atoms with van der Waals surface area (Å²) in [6, 6.07) is 0. The van der Waals surface area contributed by atoms with E-state index in [2.05, 4.69) is 0 Å². The Morgan fingerprint density at radius 2 is 1.10 bits per heavy atom. The average Bonchev–Trinajstić information content (AvgIpc) is 1.19. The summed E-state index contributed by atoms with van der Waals surface area (Å²) in [7, 11) is -7.80. The van der Waals surface area contributed by atoms with E-state index in [0.29, 0.717) is 0 Å². The van der Waals surface area contributed by atoms with Crippen molar-refractivity contribution < 1.29 is 48.6 Å². The molecule has 0 radical (unpaired) electrons. The van der Waals surface area contributed by atoms with Gasteiger partial charge in [0.15, 0.2) is 0 Å². The van der Waals surface area contributed by atoms with Crippen LogP contribution < -0.4 is 0 Å². The van der Waals surface area contributed by atoms with Crippen molar-refractivity contribution >= 4 is 19.6 Å². The molecule has 0 aliphatic carbocycles. The van der Waals surface area contributed by atoms with Gasteiger partial charge >= 0.3 is 19.6 Å². The quantitative estimate of drug-likeness (QED) is 0.273. The summed E-state index contributed by atoms with van der Waals surface area (Å²) in [5.74, 6) is 0. The van der Waals surface area contributed by atoms with E-state index in [1.54, 1.807) is 0 Å². The molecule has 7 nitrogen and oxygen atoms in total. The van der Waals surface area contributed by atoms with E-state index in [1.165, 1.54) is 0 Å². The summed E-state index contributed by atoms with van der Waals surface area (Å²) in [6.07, 6.45) is 0. The maximum Gasteiger partial charge on any atom is 0.761 e. The van der Waals surface area contributed by atoms with Crippen LogP contribution >= 0.6 is 0 Å². The molecule has 0 heterocycles. The molecular weight excluding hydrogens is 228 g/mol. The molecule has 0 aromatic rings. The smallest absolute Gasteiger partial charge is 0.511 e. The maximum atomic E-state index is 8.74. The van der Waals surface area contributed by atoms with Crippen molar-refractivity contribution in [1.82, 2.24) is 0 Å². The maximum absolute atomic E-state index is 8.74. The molecule has 0 fully saturated rings. The van der Waals surface area contributed by atoms with Crippen molar-refractivity contribution in [3.8, 4) is 0 Å². The van der Waals surface area contributed by atoms with E-state index in [4.69, 9.17) is 31.6 Å². The van der Waals surface area contributed by atoms with Crippen LogP contribution in [-0.2, 0) is 31.9 Å². The summed E-state index contributed by atoms with van der Waals surface area (Å²) < 4.78 is 40.3.